The molecule has 0 saturated heterocycles. The molecule has 0 spiro atoms. The second-order valence-corrected chi connectivity index (χ2v) is 4.43. The van der Waals surface area contributed by atoms with Crippen molar-refractivity contribution < 1.29 is 0 Å². The van der Waals surface area contributed by atoms with E-state index < -0.39 is 0 Å². The minimum absolute atomic E-state index is 1.25. The van der Waals surface area contributed by atoms with Gasteiger partial charge in [0, 0.05) is 10.2 Å². The molecule has 0 N–H and O–H groups in total. The molecule has 1 heteroatoms. The van der Waals surface area contributed by atoms with Crippen LogP contribution < -0.4 is 0 Å². The van der Waals surface area contributed by atoms with E-state index in [1.807, 2.05) is 0 Å². The van der Waals surface area contributed by atoms with Crippen LogP contribution in [-0.2, 0) is 6.42 Å². The van der Waals surface area contributed by atoms with Crippen LogP contribution in [0.2, 0.25) is 6.04 Å². The molecule has 0 atom stereocenters. The van der Waals surface area contributed by atoms with Crippen molar-refractivity contribution in [1.29, 1.82) is 0 Å². The minimum Gasteiger partial charge on any atom is -0.0619 e. The summed E-state index contributed by atoms with van der Waals surface area (Å²) in [6.45, 7) is 0. The van der Waals surface area contributed by atoms with Gasteiger partial charge in [-0.25, -0.2) is 0 Å². The van der Waals surface area contributed by atoms with E-state index >= 15 is 0 Å². The Kier molecular flexibility index (Phi) is 2.46. The first-order chi connectivity index (χ1) is 6.40. The summed E-state index contributed by atoms with van der Waals surface area (Å²) >= 11 is 0. The SMILES string of the molecule is [SiH3]CCc1ccc2ccccc2c1. The van der Waals surface area contributed by atoms with Crippen LogP contribution in [0.4, 0.5) is 0 Å². The Balaban J connectivity index is 2.49. The second kappa shape index (κ2) is 3.75. The highest BCUT2D eigenvalue weighted by Gasteiger charge is 1.93. The van der Waals surface area contributed by atoms with Crippen LogP contribution in [0.25, 0.3) is 10.8 Å². The molecule has 13 heavy (non-hydrogen) atoms. The molecule has 2 aromatic rings. The predicted octanol–water partition coefficient (Wildman–Crippen LogP) is 2.17. The van der Waals surface area contributed by atoms with Gasteiger partial charge in [0.1, 0.15) is 0 Å². The quantitative estimate of drug-likeness (QED) is 0.631. The van der Waals surface area contributed by atoms with Gasteiger partial charge in [-0.05, 0) is 22.8 Å². The molecule has 0 radical (unpaired) electrons. The van der Waals surface area contributed by atoms with Gasteiger partial charge in [-0.2, -0.15) is 0 Å². The van der Waals surface area contributed by atoms with Crippen LogP contribution >= 0.6 is 0 Å². The molecule has 0 bridgehead atoms. The zero-order valence-electron chi connectivity index (χ0n) is 7.96. The first-order valence-corrected chi connectivity index (χ1v) is 6.29. The maximum Gasteiger partial charge on any atom is 0.00321 e. The summed E-state index contributed by atoms with van der Waals surface area (Å²) in [5.74, 6) is 0. The first-order valence-electron chi connectivity index (χ1n) is 4.88. The summed E-state index contributed by atoms with van der Waals surface area (Å²) in [5, 5.41) is 2.72. The standard InChI is InChI=1S/C12H14Si/c13-8-7-10-5-6-11-3-1-2-4-12(11)9-10/h1-6,9H,7-8H2,13H3. The summed E-state index contributed by atoms with van der Waals surface area (Å²) in [7, 11) is 1.30. The Hall–Kier alpha value is -1.08. The number of fused-ring (bicyclic) bond motifs is 1. The lowest BCUT2D eigenvalue weighted by atomic mass is 10.1. The van der Waals surface area contributed by atoms with E-state index in [4.69, 9.17) is 0 Å². The van der Waals surface area contributed by atoms with Crippen molar-refractivity contribution >= 4 is 21.0 Å². The van der Waals surface area contributed by atoms with Gasteiger partial charge < -0.3 is 0 Å². The third-order valence-corrected chi connectivity index (χ3v) is 2.85. The van der Waals surface area contributed by atoms with Crippen LogP contribution in [0.5, 0.6) is 0 Å². The molecule has 0 aliphatic heterocycles. The molecule has 0 fully saturated rings. The molecule has 0 aliphatic carbocycles. The molecule has 0 nitrogen and oxygen atoms in total. The summed E-state index contributed by atoms with van der Waals surface area (Å²) in [5.41, 5.74) is 1.48. The number of hydrogen-bond acceptors (Lipinski definition) is 0. The van der Waals surface area contributed by atoms with Crippen molar-refractivity contribution in [3.8, 4) is 0 Å². The molecule has 2 aromatic carbocycles. The highest BCUT2D eigenvalue weighted by Crippen LogP contribution is 2.16. The molecule has 0 aliphatic rings. The maximum absolute atomic E-state index is 2.31. The Labute approximate surface area is 82.0 Å². The van der Waals surface area contributed by atoms with Gasteiger partial charge in [0.2, 0.25) is 0 Å². The van der Waals surface area contributed by atoms with Crippen LogP contribution in [-0.4, -0.2) is 10.2 Å². The second-order valence-electron chi connectivity index (χ2n) is 3.43. The summed E-state index contributed by atoms with van der Waals surface area (Å²) < 4.78 is 0. The van der Waals surface area contributed by atoms with Crippen molar-refractivity contribution in [1.82, 2.24) is 0 Å². The van der Waals surface area contributed by atoms with E-state index in [1.165, 1.54) is 39.0 Å². The smallest absolute Gasteiger partial charge is 0.00321 e. The number of benzene rings is 2. The molecular formula is C12H14Si. The highest BCUT2D eigenvalue weighted by atomic mass is 28.1. The Morgan fingerprint density at radius 1 is 0.923 bits per heavy atom. The number of aryl methyl sites for hydroxylation is 1. The van der Waals surface area contributed by atoms with Crippen molar-refractivity contribution in [2.24, 2.45) is 0 Å². The van der Waals surface area contributed by atoms with E-state index in [-0.39, 0.29) is 0 Å². The first kappa shape index (κ1) is 8.51. The summed E-state index contributed by atoms with van der Waals surface area (Å²) in [6, 6.07) is 16.7. The lowest BCUT2D eigenvalue weighted by Gasteiger charge is -2.01. The van der Waals surface area contributed by atoms with Gasteiger partial charge in [-0.1, -0.05) is 48.5 Å². The average Bonchev–Trinajstić information content (AvgIpc) is 2.18. The van der Waals surface area contributed by atoms with E-state index in [1.54, 1.807) is 0 Å². The summed E-state index contributed by atoms with van der Waals surface area (Å²) in [6.07, 6.45) is 1.25. The monoisotopic (exact) mass is 186 g/mol. The van der Waals surface area contributed by atoms with Crippen molar-refractivity contribution in [3.05, 3.63) is 48.0 Å². The van der Waals surface area contributed by atoms with E-state index in [0.29, 0.717) is 0 Å². The van der Waals surface area contributed by atoms with E-state index in [2.05, 4.69) is 42.5 Å². The van der Waals surface area contributed by atoms with Crippen molar-refractivity contribution in [2.75, 3.05) is 0 Å². The van der Waals surface area contributed by atoms with Gasteiger partial charge in [-0.15, -0.1) is 0 Å². The Morgan fingerprint density at radius 2 is 1.69 bits per heavy atom. The number of hydrogen-bond donors (Lipinski definition) is 0. The lowest BCUT2D eigenvalue weighted by molar-refractivity contribution is 1.14. The maximum atomic E-state index is 2.31. The van der Waals surface area contributed by atoms with Gasteiger partial charge in [0.05, 0.1) is 0 Å². The Bertz CT molecular complexity index is 407. The average molecular weight is 186 g/mol. The van der Waals surface area contributed by atoms with Gasteiger partial charge in [0.15, 0.2) is 0 Å². The van der Waals surface area contributed by atoms with E-state index in [9.17, 15) is 0 Å². The fraction of sp³-hybridized carbons (Fsp3) is 0.167. The van der Waals surface area contributed by atoms with Crippen LogP contribution in [0, 0.1) is 0 Å². The molecule has 66 valence electrons. The topological polar surface area (TPSA) is 0 Å². The van der Waals surface area contributed by atoms with Gasteiger partial charge in [-0.3, -0.25) is 0 Å². The molecule has 0 saturated carbocycles. The fourth-order valence-electron chi connectivity index (χ4n) is 1.68. The van der Waals surface area contributed by atoms with Gasteiger partial charge in [0.25, 0.3) is 0 Å². The predicted molar refractivity (Wildman–Crippen MR) is 62.4 cm³/mol. The molecular weight excluding hydrogens is 172 g/mol. The molecule has 0 heterocycles. The van der Waals surface area contributed by atoms with Crippen molar-refractivity contribution in [3.63, 3.8) is 0 Å². The molecule has 0 unspecified atom stereocenters. The molecule has 0 amide bonds. The minimum atomic E-state index is 1.25. The summed E-state index contributed by atoms with van der Waals surface area (Å²) in [4.78, 5) is 0. The third kappa shape index (κ3) is 1.81. The van der Waals surface area contributed by atoms with Crippen molar-refractivity contribution in [2.45, 2.75) is 12.5 Å². The molecule has 2 rings (SSSR count). The van der Waals surface area contributed by atoms with Crippen LogP contribution in [0.3, 0.4) is 0 Å². The zero-order valence-corrected chi connectivity index (χ0v) is 9.96. The third-order valence-electron chi connectivity index (χ3n) is 2.35. The largest absolute Gasteiger partial charge is 0.0619 e. The van der Waals surface area contributed by atoms with Crippen LogP contribution in [0.1, 0.15) is 5.56 Å². The van der Waals surface area contributed by atoms with E-state index in [0.717, 1.165) is 0 Å². The number of rotatable bonds is 2. The highest BCUT2D eigenvalue weighted by molar-refractivity contribution is 6.08. The fourth-order valence-corrected chi connectivity index (χ4v) is 2.26. The van der Waals surface area contributed by atoms with Gasteiger partial charge >= 0.3 is 0 Å². The normalized spacial score (nSPS) is 10.8. The Morgan fingerprint density at radius 3 is 2.46 bits per heavy atom. The van der Waals surface area contributed by atoms with Crippen LogP contribution in [0.15, 0.2) is 42.5 Å². The zero-order chi connectivity index (χ0) is 9.10. The molecule has 0 aromatic heterocycles. The lowest BCUT2D eigenvalue weighted by Crippen LogP contribution is -1.83.